The molecule has 0 unspecified atom stereocenters. The van der Waals surface area contributed by atoms with E-state index in [1.54, 1.807) is 24.3 Å². The van der Waals surface area contributed by atoms with Gasteiger partial charge in [0.25, 0.3) is 5.91 Å². The van der Waals surface area contributed by atoms with Crippen LogP contribution in [0.5, 0.6) is 5.75 Å². The molecule has 0 spiro atoms. The van der Waals surface area contributed by atoms with E-state index in [9.17, 15) is 18.8 Å². The first-order valence-corrected chi connectivity index (χ1v) is 10.9. The Morgan fingerprint density at radius 2 is 1.71 bits per heavy atom. The largest absolute Gasteiger partial charge is 0.483 e. The molecule has 10 heteroatoms. The van der Waals surface area contributed by atoms with E-state index in [0.29, 0.717) is 30.0 Å². The van der Waals surface area contributed by atoms with Crippen LogP contribution in [-0.4, -0.2) is 37.1 Å². The highest BCUT2D eigenvalue weighted by Crippen LogP contribution is 2.20. The van der Waals surface area contributed by atoms with Crippen LogP contribution in [0.4, 0.5) is 10.1 Å². The zero-order valence-electron chi connectivity index (χ0n) is 18.5. The second kappa shape index (κ2) is 12.9. The summed E-state index contributed by atoms with van der Waals surface area (Å²) in [6, 6.07) is 20.0. The lowest BCUT2D eigenvalue weighted by Crippen LogP contribution is -2.38. The van der Waals surface area contributed by atoms with Crippen LogP contribution in [0.1, 0.15) is 11.1 Å². The highest BCUT2D eigenvalue weighted by molar-refractivity contribution is 6.35. The Bertz CT molecular complexity index is 1220. The first-order valence-electron chi connectivity index (χ1n) is 10.5. The average molecular weight is 497 g/mol. The average Bonchev–Trinajstić information content (AvgIpc) is 2.86. The highest BCUT2D eigenvalue weighted by Gasteiger charge is 2.12. The molecular weight excluding hydrogens is 475 g/mol. The first kappa shape index (κ1) is 25.4. The highest BCUT2D eigenvalue weighted by atomic mass is 35.5. The number of nitrogens with one attached hydrogen (secondary N) is 3. The molecule has 35 heavy (non-hydrogen) atoms. The molecule has 0 saturated heterocycles. The lowest BCUT2D eigenvalue weighted by Gasteiger charge is -2.10. The first-order chi connectivity index (χ1) is 16.9. The van der Waals surface area contributed by atoms with Crippen molar-refractivity contribution in [3.05, 3.63) is 94.8 Å². The summed E-state index contributed by atoms with van der Waals surface area (Å²) in [6.45, 7) is -0.0289. The quantitative estimate of drug-likeness (QED) is 0.240. The molecule has 180 valence electrons. The van der Waals surface area contributed by atoms with Crippen LogP contribution in [0.3, 0.4) is 0 Å². The summed E-state index contributed by atoms with van der Waals surface area (Å²) < 4.78 is 18.8. The number of hydrogen-bond acceptors (Lipinski definition) is 5. The van der Waals surface area contributed by atoms with Crippen molar-refractivity contribution in [1.82, 2.24) is 10.7 Å². The van der Waals surface area contributed by atoms with Crippen molar-refractivity contribution >= 4 is 41.2 Å². The van der Waals surface area contributed by atoms with Gasteiger partial charge in [0.1, 0.15) is 11.6 Å². The summed E-state index contributed by atoms with van der Waals surface area (Å²) in [7, 11) is 0. The van der Waals surface area contributed by atoms with E-state index in [1.807, 2.05) is 30.3 Å². The molecule has 0 radical (unpaired) electrons. The van der Waals surface area contributed by atoms with Gasteiger partial charge < -0.3 is 15.4 Å². The van der Waals surface area contributed by atoms with Crippen molar-refractivity contribution in [3.8, 4) is 5.75 Å². The molecule has 0 aliphatic carbocycles. The van der Waals surface area contributed by atoms with Gasteiger partial charge in [-0.05, 0) is 42.3 Å². The van der Waals surface area contributed by atoms with Crippen molar-refractivity contribution in [1.29, 1.82) is 0 Å². The number of para-hydroxylation sites is 1. The second-order valence-electron chi connectivity index (χ2n) is 7.19. The van der Waals surface area contributed by atoms with Crippen molar-refractivity contribution in [2.75, 3.05) is 18.5 Å². The van der Waals surface area contributed by atoms with E-state index in [0.717, 1.165) is 11.6 Å². The third-order valence-corrected chi connectivity index (χ3v) is 4.89. The number of anilines is 1. The monoisotopic (exact) mass is 496 g/mol. The molecule has 0 aliphatic heterocycles. The van der Waals surface area contributed by atoms with Crippen LogP contribution in [0.25, 0.3) is 0 Å². The normalized spacial score (nSPS) is 10.6. The van der Waals surface area contributed by atoms with E-state index in [1.165, 1.54) is 18.3 Å². The molecule has 0 aliphatic rings. The molecule has 0 atom stereocenters. The number of benzene rings is 3. The molecule has 3 rings (SSSR count). The lowest BCUT2D eigenvalue weighted by molar-refractivity contribution is -0.139. The van der Waals surface area contributed by atoms with E-state index in [4.69, 9.17) is 16.3 Å². The Morgan fingerprint density at radius 1 is 0.971 bits per heavy atom. The van der Waals surface area contributed by atoms with Crippen LogP contribution < -0.4 is 20.8 Å². The molecule has 0 aromatic heterocycles. The Labute approximate surface area is 206 Å². The van der Waals surface area contributed by atoms with Crippen LogP contribution >= 0.6 is 11.6 Å². The molecule has 3 aromatic carbocycles. The van der Waals surface area contributed by atoms with Gasteiger partial charge in [-0.15, -0.1) is 0 Å². The maximum Gasteiger partial charge on any atom is 0.329 e. The predicted octanol–water partition coefficient (Wildman–Crippen LogP) is 3.31. The molecule has 3 N–H and O–H groups in total. The molecule has 8 nitrogen and oxygen atoms in total. The number of hydrogen-bond donors (Lipinski definition) is 3. The second-order valence-corrected chi connectivity index (χ2v) is 7.60. The van der Waals surface area contributed by atoms with Crippen LogP contribution in [-0.2, 0) is 20.8 Å². The summed E-state index contributed by atoms with van der Waals surface area (Å²) in [6.07, 6.45) is 1.89. The number of hydrazone groups is 1. The van der Waals surface area contributed by atoms with Gasteiger partial charge in [-0.25, -0.2) is 9.82 Å². The van der Waals surface area contributed by atoms with Crippen molar-refractivity contribution in [2.24, 2.45) is 5.10 Å². The molecule has 0 fully saturated rings. The zero-order chi connectivity index (χ0) is 25.0. The number of amides is 3. The van der Waals surface area contributed by atoms with Crippen molar-refractivity contribution < 1.29 is 23.5 Å². The Balaban J connectivity index is 1.46. The van der Waals surface area contributed by atoms with Gasteiger partial charge in [0.05, 0.1) is 11.2 Å². The number of halogens is 2. The van der Waals surface area contributed by atoms with Gasteiger partial charge in [0.2, 0.25) is 0 Å². The summed E-state index contributed by atoms with van der Waals surface area (Å²) in [4.78, 5) is 36.0. The topological polar surface area (TPSA) is 109 Å². The van der Waals surface area contributed by atoms with E-state index >= 15 is 0 Å². The minimum atomic E-state index is -0.912. The Morgan fingerprint density at radius 3 is 2.49 bits per heavy atom. The number of carbonyl (C=O) groups is 3. The van der Waals surface area contributed by atoms with Crippen LogP contribution in [0.2, 0.25) is 5.02 Å². The Hall–Kier alpha value is -4.24. The minimum Gasteiger partial charge on any atom is -0.483 e. The maximum atomic E-state index is 13.2. The number of rotatable bonds is 9. The standard InChI is InChI=1S/C25H22ClFN4O4/c26-20-14-19(10-11-21(20)27)30-23(32)16-35-22-9-5-4-8-18(22)15-29-31-25(34)24(33)28-13-12-17-6-2-1-3-7-17/h1-11,14-15H,12-13,16H2,(H,28,33)(H,30,32)(H,31,34)/b29-15-. The third-order valence-electron chi connectivity index (χ3n) is 4.60. The summed E-state index contributed by atoms with van der Waals surface area (Å²) in [5.74, 6) is -2.47. The van der Waals surface area contributed by atoms with Gasteiger partial charge >= 0.3 is 11.8 Å². The fourth-order valence-corrected chi connectivity index (χ4v) is 3.07. The predicted molar refractivity (Wildman–Crippen MR) is 131 cm³/mol. The summed E-state index contributed by atoms with van der Waals surface area (Å²) >= 11 is 5.70. The number of nitrogens with zero attached hydrogens (tertiary/aromatic N) is 1. The van der Waals surface area contributed by atoms with Gasteiger partial charge in [0, 0.05) is 17.8 Å². The van der Waals surface area contributed by atoms with Gasteiger partial charge in [0.15, 0.2) is 6.61 Å². The molecular formula is C25H22ClFN4O4. The number of ether oxygens (including phenoxy) is 1. The minimum absolute atomic E-state index is 0.114. The fraction of sp³-hybridized carbons (Fsp3) is 0.120. The van der Waals surface area contributed by atoms with Gasteiger partial charge in [-0.2, -0.15) is 5.10 Å². The molecule has 3 aromatic rings. The molecule has 0 heterocycles. The summed E-state index contributed by atoms with van der Waals surface area (Å²) in [5, 5.41) is 8.75. The van der Waals surface area contributed by atoms with Crippen molar-refractivity contribution in [2.45, 2.75) is 6.42 Å². The SMILES string of the molecule is O=C(COc1ccccc1/C=N\NC(=O)C(=O)NCCc1ccccc1)Nc1ccc(F)c(Cl)c1. The molecule has 0 saturated carbocycles. The van der Waals surface area contributed by atoms with E-state index in [-0.39, 0.29) is 11.6 Å². The van der Waals surface area contributed by atoms with E-state index in [2.05, 4.69) is 21.2 Å². The molecule has 3 amide bonds. The van der Waals surface area contributed by atoms with Gasteiger partial charge in [-0.1, -0.05) is 54.1 Å². The van der Waals surface area contributed by atoms with Gasteiger partial charge in [-0.3, -0.25) is 14.4 Å². The van der Waals surface area contributed by atoms with Crippen LogP contribution in [0, 0.1) is 5.82 Å². The Kier molecular flexibility index (Phi) is 9.32. The van der Waals surface area contributed by atoms with Crippen LogP contribution in [0.15, 0.2) is 77.9 Å². The number of carbonyl (C=O) groups excluding carboxylic acids is 3. The third kappa shape index (κ3) is 8.24. The van der Waals surface area contributed by atoms with E-state index < -0.39 is 23.5 Å². The summed E-state index contributed by atoms with van der Waals surface area (Å²) in [5.41, 5.74) is 3.99. The maximum absolute atomic E-state index is 13.2. The van der Waals surface area contributed by atoms with Crippen molar-refractivity contribution in [3.63, 3.8) is 0 Å². The smallest absolute Gasteiger partial charge is 0.329 e. The zero-order valence-corrected chi connectivity index (χ0v) is 19.2. The fourth-order valence-electron chi connectivity index (χ4n) is 2.89. The lowest BCUT2D eigenvalue weighted by atomic mass is 10.1. The molecule has 0 bridgehead atoms.